The third kappa shape index (κ3) is 4.22. The summed E-state index contributed by atoms with van der Waals surface area (Å²) >= 11 is 0. The fourth-order valence-corrected chi connectivity index (χ4v) is 1.56. The van der Waals surface area contributed by atoms with Crippen molar-refractivity contribution in [3.8, 4) is 0 Å². The van der Waals surface area contributed by atoms with Gasteiger partial charge in [0.15, 0.2) is 0 Å². The second-order valence-electron chi connectivity index (χ2n) is 3.83. The number of methoxy groups -OCH3 is 1. The van der Waals surface area contributed by atoms with Gasteiger partial charge in [0.25, 0.3) is 5.91 Å². The highest BCUT2D eigenvalue weighted by Gasteiger charge is 2.32. The zero-order valence-electron chi connectivity index (χ0n) is 10.3. The summed E-state index contributed by atoms with van der Waals surface area (Å²) in [4.78, 5) is 11.5. The van der Waals surface area contributed by atoms with Gasteiger partial charge in [-0.1, -0.05) is 18.2 Å². The van der Waals surface area contributed by atoms with Crippen LogP contribution in [0.2, 0.25) is 0 Å². The van der Waals surface area contributed by atoms with E-state index in [0.29, 0.717) is 0 Å². The van der Waals surface area contributed by atoms with Crippen LogP contribution in [0.5, 0.6) is 0 Å². The molecule has 1 rings (SSSR count). The van der Waals surface area contributed by atoms with Gasteiger partial charge in [-0.2, -0.15) is 13.2 Å². The maximum Gasteiger partial charge on any atom is 0.416 e. The number of hydrogen-bond acceptors (Lipinski definition) is 3. The Bertz CT molecular complexity index is 431. The predicted octanol–water partition coefficient (Wildman–Crippen LogP) is 1.30. The Morgan fingerprint density at radius 1 is 1.42 bits per heavy atom. The maximum absolute atomic E-state index is 12.7. The van der Waals surface area contributed by atoms with Gasteiger partial charge < -0.3 is 15.8 Å². The van der Waals surface area contributed by atoms with E-state index in [1.165, 1.54) is 25.3 Å². The molecule has 4 nitrogen and oxygen atoms in total. The molecule has 1 amide bonds. The van der Waals surface area contributed by atoms with E-state index in [0.717, 1.165) is 6.07 Å². The summed E-state index contributed by atoms with van der Waals surface area (Å²) in [6.45, 7) is -0.266. The van der Waals surface area contributed by atoms with E-state index in [-0.39, 0.29) is 18.7 Å². The summed E-state index contributed by atoms with van der Waals surface area (Å²) in [5.74, 6) is -0.540. The molecule has 1 atom stereocenters. The number of carbonyl (C=O) groups is 1. The lowest BCUT2D eigenvalue weighted by Gasteiger charge is -2.16. The molecule has 0 spiro atoms. The summed E-state index contributed by atoms with van der Waals surface area (Å²) in [6.07, 6.45) is -5.31. The second kappa shape index (κ2) is 6.53. The quantitative estimate of drug-likeness (QED) is 0.852. The first-order valence-electron chi connectivity index (χ1n) is 5.55. The van der Waals surface area contributed by atoms with E-state index in [2.05, 4.69) is 5.32 Å². The lowest BCUT2D eigenvalue weighted by atomic mass is 10.1. The van der Waals surface area contributed by atoms with Crippen molar-refractivity contribution in [1.29, 1.82) is 0 Å². The molecule has 0 aliphatic carbocycles. The van der Waals surface area contributed by atoms with Gasteiger partial charge in [-0.15, -0.1) is 0 Å². The van der Waals surface area contributed by atoms with Crippen LogP contribution in [0.25, 0.3) is 0 Å². The Kier molecular flexibility index (Phi) is 5.31. The number of hydrogen-bond donors (Lipinski definition) is 2. The largest absolute Gasteiger partial charge is 0.416 e. The topological polar surface area (TPSA) is 64.3 Å². The van der Waals surface area contributed by atoms with Gasteiger partial charge in [0.05, 0.1) is 5.56 Å². The molecular weight excluding hydrogens is 261 g/mol. The number of carbonyl (C=O) groups excluding carboxylic acids is 1. The van der Waals surface area contributed by atoms with Crippen molar-refractivity contribution in [3.63, 3.8) is 0 Å². The Hall–Kier alpha value is -1.60. The van der Waals surface area contributed by atoms with E-state index >= 15 is 0 Å². The molecular formula is C12H15F3N2O2. The molecule has 0 aromatic heterocycles. The van der Waals surface area contributed by atoms with Crippen LogP contribution < -0.4 is 11.1 Å². The van der Waals surface area contributed by atoms with Crippen LogP contribution in [-0.4, -0.2) is 25.7 Å². The van der Waals surface area contributed by atoms with E-state index < -0.39 is 23.8 Å². The van der Waals surface area contributed by atoms with Crippen LogP contribution in [-0.2, 0) is 22.3 Å². The van der Waals surface area contributed by atoms with Crippen LogP contribution in [0.4, 0.5) is 13.2 Å². The van der Waals surface area contributed by atoms with Crippen LogP contribution in [0.3, 0.4) is 0 Å². The minimum atomic E-state index is -4.45. The monoisotopic (exact) mass is 276 g/mol. The number of nitrogens with one attached hydrogen (secondary N) is 1. The zero-order valence-corrected chi connectivity index (χ0v) is 10.3. The molecule has 0 radical (unpaired) electrons. The highest BCUT2D eigenvalue weighted by molar-refractivity contribution is 5.81. The van der Waals surface area contributed by atoms with Crippen LogP contribution >= 0.6 is 0 Å². The lowest BCUT2D eigenvalue weighted by Crippen LogP contribution is -2.40. The Morgan fingerprint density at radius 2 is 2.05 bits per heavy atom. The van der Waals surface area contributed by atoms with E-state index in [4.69, 9.17) is 10.5 Å². The minimum Gasteiger partial charge on any atom is -0.370 e. The molecule has 0 heterocycles. The molecule has 1 unspecified atom stereocenters. The zero-order chi connectivity index (χ0) is 14.5. The molecule has 0 aliphatic rings. The molecule has 19 heavy (non-hydrogen) atoms. The van der Waals surface area contributed by atoms with Crippen molar-refractivity contribution in [2.45, 2.75) is 18.8 Å². The third-order valence-electron chi connectivity index (χ3n) is 2.57. The number of benzene rings is 1. The van der Waals surface area contributed by atoms with Gasteiger partial charge in [-0.05, 0) is 11.6 Å². The third-order valence-corrected chi connectivity index (χ3v) is 2.57. The van der Waals surface area contributed by atoms with Crippen molar-refractivity contribution in [1.82, 2.24) is 5.32 Å². The van der Waals surface area contributed by atoms with Gasteiger partial charge >= 0.3 is 6.18 Å². The van der Waals surface area contributed by atoms with Crippen LogP contribution in [0, 0.1) is 0 Å². The Morgan fingerprint density at radius 3 is 2.58 bits per heavy atom. The van der Waals surface area contributed by atoms with Crippen LogP contribution in [0.1, 0.15) is 11.1 Å². The normalized spacial score (nSPS) is 13.1. The van der Waals surface area contributed by atoms with Crippen molar-refractivity contribution >= 4 is 5.91 Å². The van der Waals surface area contributed by atoms with Gasteiger partial charge in [0.2, 0.25) is 0 Å². The molecule has 3 N–H and O–H groups in total. The molecule has 1 aromatic carbocycles. The molecule has 0 fully saturated rings. The Labute approximate surface area is 108 Å². The highest BCUT2D eigenvalue weighted by atomic mass is 19.4. The second-order valence-corrected chi connectivity index (χ2v) is 3.83. The van der Waals surface area contributed by atoms with Crippen molar-refractivity contribution in [3.05, 3.63) is 35.4 Å². The fraction of sp³-hybridized carbons (Fsp3) is 0.417. The average Bonchev–Trinajstić information content (AvgIpc) is 2.37. The lowest BCUT2D eigenvalue weighted by molar-refractivity contribution is -0.138. The molecule has 0 saturated carbocycles. The molecule has 1 aromatic rings. The summed E-state index contributed by atoms with van der Waals surface area (Å²) in [7, 11) is 1.31. The van der Waals surface area contributed by atoms with E-state index in [1.807, 2.05) is 0 Å². The summed E-state index contributed by atoms with van der Waals surface area (Å²) in [5.41, 5.74) is 4.52. The SMILES string of the molecule is COC(CN)C(=O)NCc1ccccc1C(F)(F)F. The highest BCUT2D eigenvalue weighted by Crippen LogP contribution is 2.31. The van der Waals surface area contributed by atoms with Gasteiger partial charge in [0.1, 0.15) is 6.10 Å². The van der Waals surface area contributed by atoms with E-state index in [9.17, 15) is 18.0 Å². The average molecular weight is 276 g/mol. The number of ether oxygens (including phenoxy) is 1. The molecule has 0 aliphatic heterocycles. The summed E-state index contributed by atoms with van der Waals surface area (Å²) in [5, 5.41) is 2.37. The standard InChI is InChI=1S/C12H15F3N2O2/c1-19-10(6-16)11(18)17-7-8-4-2-3-5-9(8)12(13,14)15/h2-5,10H,6-7,16H2,1H3,(H,17,18). The smallest absolute Gasteiger partial charge is 0.370 e. The van der Waals surface area contributed by atoms with Crippen molar-refractivity contribution in [2.24, 2.45) is 5.73 Å². The van der Waals surface area contributed by atoms with Crippen LogP contribution in [0.15, 0.2) is 24.3 Å². The number of amides is 1. The fourth-order valence-electron chi connectivity index (χ4n) is 1.56. The molecule has 106 valence electrons. The minimum absolute atomic E-state index is 0.00442. The number of rotatable bonds is 5. The molecule has 7 heteroatoms. The number of alkyl halides is 3. The first-order valence-corrected chi connectivity index (χ1v) is 5.55. The first-order chi connectivity index (χ1) is 8.90. The number of nitrogens with two attached hydrogens (primary N) is 1. The van der Waals surface area contributed by atoms with Crippen molar-refractivity contribution < 1.29 is 22.7 Å². The molecule has 0 saturated heterocycles. The maximum atomic E-state index is 12.7. The van der Waals surface area contributed by atoms with Crippen molar-refractivity contribution in [2.75, 3.05) is 13.7 Å². The molecule has 0 bridgehead atoms. The summed E-state index contributed by atoms with van der Waals surface area (Å²) in [6, 6.07) is 5.06. The number of halogens is 3. The van der Waals surface area contributed by atoms with Gasteiger partial charge in [0, 0.05) is 20.2 Å². The van der Waals surface area contributed by atoms with E-state index in [1.54, 1.807) is 0 Å². The summed E-state index contributed by atoms with van der Waals surface area (Å²) < 4.78 is 42.9. The van der Waals surface area contributed by atoms with Gasteiger partial charge in [-0.25, -0.2) is 0 Å². The van der Waals surface area contributed by atoms with Gasteiger partial charge in [-0.3, -0.25) is 4.79 Å². The Balaban J connectivity index is 2.76. The first kappa shape index (κ1) is 15.5. The predicted molar refractivity (Wildman–Crippen MR) is 63.1 cm³/mol.